The van der Waals surface area contributed by atoms with Crippen molar-refractivity contribution in [2.45, 2.75) is 25.3 Å². The summed E-state index contributed by atoms with van der Waals surface area (Å²) < 4.78 is 26.2. The van der Waals surface area contributed by atoms with Crippen molar-refractivity contribution in [3.63, 3.8) is 0 Å². The van der Waals surface area contributed by atoms with Crippen molar-refractivity contribution in [2.75, 3.05) is 22.1 Å². The Morgan fingerprint density at radius 3 is 2.26 bits per heavy atom. The second kappa shape index (κ2) is 9.58. The maximum Gasteiger partial charge on any atom is 0.255 e. The number of thioether (sulfide) groups is 1. The molecular formula is C24H26N2O3S2. The molecule has 0 aromatic heterocycles. The highest BCUT2D eigenvalue weighted by Crippen LogP contribution is 2.26. The number of amides is 1. The summed E-state index contributed by atoms with van der Waals surface area (Å²) in [4.78, 5) is 13.6. The van der Waals surface area contributed by atoms with E-state index in [-0.39, 0.29) is 12.5 Å². The number of aryl methyl sites for hydroxylation is 2. The second-order valence-electron chi connectivity index (χ2n) is 7.39. The van der Waals surface area contributed by atoms with E-state index >= 15 is 0 Å². The number of benzene rings is 3. The van der Waals surface area contributed by atoms with Crippen LogP contribution in [0.25, 0.3) is 0 Å². The van der Waals surface area contributed by atoms with Gasteiger partial charge in [-0.25, -0.2) is 8.42 Å². The summed E-state index contributed by atoms with van der Waals surface area (Å²) in [6.45, 7) is 4.14. The Hall–Kier alpha value is -2.77. The van der Waals surface area contributed by atoms with Gasteiger partial charge in [-0.15, -0.1) is 11.8 Å². The second-order valence-corrected chi connectivity index (χ2v) is 10.1. The van der Waals surface area contributed by atoms with E-state index in [4.69, 9.17) is 0 Å². The van der Waals surface area contributed by atoms with Gasteiger partial charge in [0.05, 0.1) is 24.2 Å². The van der Waals surface area contributed by atoms with Crippen LogP contribution >= 0.6 is 11.8 Å². The predicted molar refractivity (Wildman–Crippen MR) is 130 cm³/mol. The third kappa shape index (κ3) is 5.68. The zero-order valence-corrected chi connectivity index (χ0v) is 19.7. The SMILES string of the molecule is CSc1ccccc1NC(=O)c1ccc(CN(c2ccc(C)c(C)c2)S(C)(=O)=O)cc1. The first-order valence-electron chi connectivity index (χ1n) is 9.77. The fourth-order valence-electron chi connectivity index (χ4n) is 3.15. The molecule has 0 aliphatic carbocycles. The van der Waals surface area contributed by atoms with Crippen LogP contribution < -0.4 is 9.62 Å². The molecule has 162 valence electrons. The Kier molecular flexibility index (Phi) is 7.08. The third-order valence-electron chi connectivity index (χ3n) is 5.08. The van der Waals surface area contributed by atoms with Gasteiger partial charge < -0.3 is 5.32 Å². The number of carbonyl (C=O) groups is 1. The molecule has 3 aromatic carbocycles. The van der Waals surface area contributed by atoms with Crippen molar-refractivity contribution in [3.05, 3.63) is 89.0 Å². The number of anilines is 2. The summed E-state index contributed by atoms with van der Waals surface area (Å²) in [7, 11) is -3.47. The van der Waals surface area contributed by atoms with E-state index in [1.165, 1.54) is 10.6 Å². The lowest BCUT2D eigenvalue weighted by Crippen LogP contribution is -2.29. The fourth-order valence-corrected chi connectivity index (χ4v) is 4.58. The summed E-state index contributed by atoms with van der Waals surface area (Å²) in [6.07, 6.45) is 3.16. The molecule has 0 atom stereocenters. The molecule has 3 rings (SSSR count). The normalized spacial score (nSPS) is 11.2. The van der Waals surface area contributed by atoms with Crippen molar-refractivity contribution < 1.29 is 13.2 Å². The fraction of sp³-hybridized carbons (Fsp3) is 0.208. The summed E-state index contributed by atoms with van der Waals surface area (Å²) in [6, 6.07) is 20.2. The smallest absolute Gasteiger partial charge is 0.255 e. The van der Waals surface area contributed by atoms with Crippen LogP contribution in [-0.2, 0) is 16.6 Å². The number of para-hydroxylation sites is 1. The lowest BCUT2D eigenvalue weighted by molar-refractivity contribution is 0.102. The Morgan fingerprint density at radius 2 is 1.65 bits per heavy atom. The zero-order valence-electron chi connectivity index (χ0n) is 18.0. The minimum absolute atomic E-state index is 0.193. The van der Waals surface area contributed by atoms with Crippen LogP contribution in [0.15, 0.2) is 71.6 Å². The Balaban J connectivity index is 1.79. The molecule has 0 saturated heterocycles. The molecule has 3 aromatic rings. The molecule has 0 aliphatic heterocycles. The lowest BCUT2D eigenvalue weighted by Gasteiger charge is -2.23. The first-order valence-corrected chi connectivity index (χ1v) is 12.8. The molecule has 0 radical (unpaired) electrons. The third-order valence-corrected chi connectivity index (χ3v) is 7.01. The van der Waals surface area contributed by atoms with Crippen LogP contribution in [-0.4, -0.2) is 26.8 Å². The van der Waals surface area contributed by atoms with Gasteiger partial charge in [0.1, 0.15) is 0 Å². The minimum atomic E-state index is -3.47. The molecule has 1 amide bonds. The van der Waals surface area contributed by atoms with Crippen molar-refractivity contribution in [1.82, 2.24) is 0 Å². The molecule has 0 bridgehead atoms. The maximum atomic E-state index is 12.6. The van der Waals surface area contributed by atoms with E-state index in [0.717, 1.165) is 27.3 Å². The van der Waals surface area contributed by atoms with Crippen molar-refractivity contribution in [1.29, 1.82) is 0 Å². The molecule has 5 nitrogen and oxygen atoms in total. The number of rotatable bonds is 7. The van der Waals surface area contributed by atoms with Gasteiger partial charge >= 0.3 is 0 Å². The van der Waals surface area contributed by atoms with Gasteiger partial charge in [-0.1, -0.05) is 30.3 Å². The first-order chi connectivity index (χ1) is 14.7. The van der Waals surface area contributed by atoms with E-state index in [0.29, 0.717) is 11.3 Å². The summed E-state index contributed by atoms with van der Waals surface area (Å²) in [5.41, 5.74) is 4.84. The van der Waals surface area contributed by atoms with E-state index in [1.807, 2.05) is 62.6 Å². The molecule has 0 aliphatic rings. The minimum Gasteiger partial charge on any atom is -0.321 e. The topological polar surface area (TPSA) is 66.5 Å². The molecule has 7 heteroatoms. The molecule has 0 spiro atoms. The van der Waals surface area contributed by atoms with Gasteiger partial charge in [0.2, 0.25) is 10.0 Å². The number of hydrogen-bond donors (Lipinski definition) is 1. The van der Waals surface area contributed by atoms with Crippen LogP contribution in [0.5, 0.6) is 0 Å². The van der Waals surface area contributed by atoms with Crippen LogP contribution in [0.3, 0.4) is 0 Å². The average molecular weight is 455 g/mol. The van der Waals surface area contributed by atoms with Gasteiger partial charge in [0, 0.05) is 10.5 Å². The van der Waals surface area contributed by atoms with Crippen LogP contribution in [0.4, 0.5) is 11.4 Å². The quantitative estimate of drug-likeness (QED) is 0.496. The summed E-state index contributed by atoms with van der Waals surface area (Å²) in [5, 5.41) is 2.93. The predicted octanol–water partition coefficient (Wildman–Crippen LogP) is 5.24. The van der Waals surface area contributed by atoms with Crippen LogP contribution in [0, 0.1) is 13.8 Å². The van der Waals surface area contributed by atoms with Gasteiger partial charge in [-0.2, -0.15) is 0 Å². The zero-order chi connectivity index (χ0) is 22.6. The molecule has 31 heavy (non-hydrogen) atoms. The number of sulfonamides is 1. The Labute approximate surface area is 188 Å². The lowest BCUT2D eigenvalue weighted by atomic mass is 10.1. The Morgan fingerprint density at radius 1 is 0.968 bits per heavy atom. The number of hydrogen-bond acceptors (Lipinski definition) is 4. The number of carbonyl (C=O) groups excluding carboxylic acids is 1. The molecular weight excluding hydrogens is 428 g/mol. The van der Waals surface area contributed by atoms with Crippen molar-refractivity contribution >= 4 is 39.1 Å². The van der Waals surface area contributed by atoms with E-state index in [1.54, 1.807) is 36.0 Å². The molecule has 0 unspecified atom stereocenters. The van der Waals surface area contributed by atoms with Crippen LogP contribution in [0.2, 0.25) is 0 Å². The van der Waals surface area contributed by atoms with Crippen molar-refractivity contribution in [3.8, 4) is 0 Å². The molecule has 1 N–H and O–H groups in total. The van der Waals surface area contributed by atoms with Gasteiger partial charge in [-0.05, 0) is 73.2 Å². The number of nitrogens with zero attached hydrogens (tertiary/aromatic N) is 1. The van der Waals surface area contributed by atoms with E-state index in [9.17, 15) is 13.2 Å². The first kappa shape index (κ1) is 22.9. The standard InChI is InChI=1S/C24H26N2O3S2/c1-17-9-14-21(15-18(17)2)26(31(4,28)29)16-19-10-12-20(13-11-19)24(27)25-22-7-5-6-8-23(22)30-3/h5-15H,16H2,1-4H3,(H,25,27). The highest BCUT2D eigenvalue weighted by Gasteiger charge is 2.19. The average Bonchev–Trinajstić information content (AvgIpc) is 2.74. The molecule has 0 fully saturated rings. The molecule has 0 heterocycles. The van der Waals surface area contributed by atoms with Crippen LogP contribution in [0.1, 0.15) is 27.0 Å². The highest BCUT2D eigenvalue weighted by atomic mass is 32.2. The van der Waals surface area contributed by atoms with E-state index in [2.05, 4.69) is 5.32 Å². The van der Waals surface area contributed by atoms with E-state index < -0.39 is 10.0 Å². The van der Waals surface area contributed by atoms with Gasteiger partial charge in [0.15, 0.2) is 0 Å². The van der Waals surface area contributed by atoms with Crippen molar-refractivity contribution in [2.24, 2.45) is 0 Å². The maximum absolute atomic E-state index is 12.6. The highest BCUT2D eigenvalue weighted by molar-refractivity contribution is 7.98. The number of nitrogens with one attached hydrogen (secondary N) is 1. The summed E-state index contributed by atoms with van der Waals surface area (Å²) in [5.74, 6) is -0.206. The Bertz CT molecular complexity index is 1190. The molecule has 0 saturated carbocycles. The largest absolute Gasteiger partial charge is 0.321 e. The summed E-state index contributed by atoms with van der Waals surface area (Å²) >= 11 is 1.57. The van der Waals surface area contributed by atoms with Gasteiger partial charge in [-0.3, -0.25) is 9.10 Å². The monoisotopic (exact) mass is 454 g/mol. The van der Waals surface area contributed by atoms with Gasteiger partial charge in [0.25, 0.3) is 5.91 Å².